The molecule has 3 rings (SSSR count). The van der Waals surface area contributed by atoms with Gasteiger partial charge in [0.15, 0.2) is 0 Å². The molecule has 0 spiro atoms. The molecule has 0 radical (unpaired) electrons. The number of nitrogens with one attached hydrogen (secondary N) is 2. The van der Waals surface area contributed by atoms with E-state index >= 15 is 0 Å². The molecule has 7 nitrogen and oxygen atoms in total. The molecule has 0 bridgehead atoms. The van der Waals surface area contributed by atoms with Crippen molar-refractivity contribution in [3.8, 4) is 0 Å². The highest BCUT2D eigenvalue weighted by molar-refractivity contribution is 6.30. The van der Waals surface area contributed by atoms with E-state index in [2.05, 4.69) is 25.5 Å². The third-order valence-corrected chi connectivity index (χ3v) is 5.28. The number of hydrogen-bond acceptors (Lipinski definition) is 6. The Morgan fingerprint density at radius 1 is 1.33 bits per heavy atom. The fraction of sp³-hybridized carbons (Fsp3) is 0.421. The highest BCUT2D eigenvalue weighted by atomic mass is 35.5. The van der Waals surface area contributed by atoms with Gasteiger partial charge in [0, 0.05) is 36.0 Å². The summed E-state index contributed by atoms with van der Waals surface area (Å²) in [4.78, 5) is 22.9. The molecule has 1 saturated carbocycles. The quantitative estimate of drug-likeness (QED) is 0.704. The zero-order chi connectivity index (χ0) is 19.4. The van der Waals surface area contributed by atoms with Gasteiger partial charge in [-0.15, -0.1) is 0 Å². The predicted molar refractivity (Wildman–Crippen MR) is 109 cm³/mol. The van der Waals surface area contributed by atoms with Gasteiger partial charge in [0.05, 0.1) is 0 Å². The van der Waals surface area contributed by atoms with Crippen molar-refractivity contribution in [3.63, 3.8) is 0 Å². The van der Waals surface area contributed by atoms with E-state index in [0.29, 0.717) is 28.9 Å². The van der Waals surface area contributed by atoms with Gasteiger partial charge in [-0.05, 0) is 38.1 Å². The molecule has 2 aromatic rings. The minimum Gasteiger partial charge on any atom is -0.365 e. The molecule has 1 fully saturated rings. The number of aromatic nitrogens is 2. The Bertz CT molecular complexity index is 815. The predicted octanol–water partition coefficient (Wildman–Crippen LogP) is 2.94. The van der Waals surface area contributed by atoms with Crippen molar-refractivity contribution in [1.82, 2.24) is 15.3 Å². The van der Waals surface area contributed by atoms with E-state index in [0.717, 1.165) is 18.5 Å². The summed E-state index contributed by atoms with van der Waals surface area (Å²) < 4.78 is 0. The van der Waals surface area contributed by atoms with E-state index < -0.39 is 5.91 Å². The first-order valence-corrected chi connectivity index (χ1v) is 9.47. The van der Waals surface area contributed by atoms with Crippen molar-refractivity contribution in [2.75, 3.05) is 24.3 Å². The molecule has 27 heavy (non-hydrogen) atoms. The molecule has 1 aliphatic rings. The average molecular weight is 389 g/mol. The number of likely N-dealkylation sites (N-methyl/N-ethyl adjacent to an activating group) is 2. The average Bonchev–Trinajstić information content (AvgIpc) is 2.67. The van der Waals surface area contributed by atoms with Crippen LogP contribution in [0.1, 0.15) is 36.0 Å². The van der Waals surface area contributed by atoms with Crippen LogP contribution < -0.4 is 21.3 Å². The number of primary amides is 1. The fourth-order valence-electron chi connectivity index (χ4n) is 3.58. The van der Waals surface area contributed by atoms with Crippen LogP contribution in [-0.4, -0.2) is 42.1 Å². The summed E-state index contributed by atoms with van der Waals surface area (Å²) in [6.07, 6.45) is 6.07. The number of nitrogens with two attached hydrogens (primary N) is 1. The first kappa shape index (κ1) is 19.4. The first-order chi connectivity index (χ1) is 13.0. The number of halogens is 1. The maximum atomic E-state index is 11.8. The highest BCUT2D eigenvalue weighted by Gasteiger charge is 2.29. The molecular weight excluding hydrogens is 364 g/mol. The maximum absolute atomic E-state index is 11.8. The van der Waals surface area contributed by atoms with E-state index in [1.54, 1.807) is 12.1 Å². The molecule has 2 unspecified atom stereocenters. The summed E-state index contributed by atoms with van der Waals surface area (Å²) in [7, 11) is 3.97. The summed E-state index contributed by atoms with van der Waals surface area (Å²) in [5.41, 5.74) is 6.46. The fourth-order valence-corrected chi connectivity index (χ4v) is 3.77. The standard InChI is InChI=1S/C19H25ClN6O/c1-22-15-8-3-4-9-16(15)26(2)19-23-11-14(17(21)27)18(25-19)24-13-7-5-6-12(20)10-13/h5-7,10-11,15-16,22H,3-4,8-9H2,1-2H3,(H2,21,27)(H,23,24,25). The molecule has 4 N–H and O–H groups in total. The Hall–Kier alpha value is -2.38. The number of anilines is 3. The molecule has 8 heteroatoms. The number of amides is 1. The Balaban J connectivity index is 1.91. The molecule has 1 amide bonds. The molecular formula is C19H25ClN6O. The van der Waals surface area contributed by atoms with Crippen molar-refractivity contribution in [1.29, 1.82) is 0 Å². The lowest BCUT2D eigenvalue weighted by Crippen LogP contribution is -2.50. The van der Waals surface area contributed by atoms with Gasteiger partial charge >= 0.3 is 0 Å². The number of carbonyl (C=O) groups excluding carboxylic acids is 1. The topological polar surface area (TPSA) is 96.2 Å². The van der Waals surface area contributed by atoms with Gasteiger partial charge in [-0.3, -0.25) is 4.79 Å². The number of rotatable bonds is 6. The van der Waals surface area contributed by atoms with Crippen LogP contribution in [0.2, 0.25) is 5.02 Å². The minimum absolute atomic E-state index is 0.237. The molecule has 2 atom stereocenters. The third kappa shape index (κ3) is 4.48. The van der Waals surface area contributed by atoms with Crippen molar-refractivity contribution in [3.05, 3.63) is 41.0 Å². The van der Waals surface area contributed by atoms with Crippen LogP contribution in [0.3, 0.4) is 0 Å². The Kier molecular flexibility index (Phi) is 6.13. The van der Waals surface area contributed by atoms with Crippen LogP contribution in [0, 0.1) is 0 Å². The van der Waals surface area contributed by atoms with Gasteiger partial charge in [0.25, 0.3) is 5.91 Å². The van der Waals surface area contributed by atoms with E-state index in [9.17, 15) is 4.79 Å². The number of benzene rings is 1. The van der Waals surface area contributed by atoms with E-state index in [1.807, 2.05) is 26.2 Å². The van der Waals surface area contributed by atoms with Crippen LogP contribution in [-0.2, 0) is 0 Å². The summed E-state index contributed by atoms with van der Waals surface area (Å²) in [5.74, 6) is 0.342. The summed E-state index contributed by atoms with van der Waals surface area (Å²) >= 11 is 6.05. The SMILES string of the molecule is CNC1CCCCC1N(C)c1ncc(C(N)=O)c(Nc2cccc(Cl)c2)n1. The number of nitrogens with zero attached hydrogens (tertiary/aromatic N) is 3. The van der Waals surface area contributed by atoms with Crippen molar-refractivity contribution in [2.45, 2.75) is 37.8 Å². The van der Waals surface area contributed by atoms with E-state index in [-0.39, 0.29) is 5.56 Å². The number of hydrogen-bond donors (Lipinski definition) is 3. The summed E-state index contributed by atoms with van der Waals surface area (Å²) in [6.45, 7) is 0. The van der Waals surface area contributed by atoms with Crippen LogP contribution in [0.5, 0.6) is 0 Å². The van der Waals surface area contributed by atoms with Gasteiger partial charge in [-0.1, -0.05) is 30.5 Å². The van der Waals surface area contributed by atoms with E-state index in [1.165, 1.54) is 19.0 Å². The van der Waals surface area contributed by atoms with E-state index in [4.69, 9.17) is 17.3 Å². The number of carbonyl (C=O) groups is 1. The molecule has 0 aliphatic heterocycles. The van der Waals surface area contributed by atoms with Crippen molar-refractivity contribution < 1.29 is 4.79 Å². The second-order valence-corrected chi connectivity index (χ2v) is 7.23. The molecule has 1 aliphatic carbocycles. The zero-order valence-corrected chi connectivity index (χ0v) is 16.3. The van der Waals surface area contributed by atoms with Gasteiger partial charge in [0.2, 0.25) is 5.95 Å². The third-order valence-electron chi connectivity index (χ3n) is 5.04. The zero-order valence-electron chi connectivity index (χ0n) is 15.6. The molecule has 144 valence electrons. The lowest BCUT2D eigenvalue weighted by atomic mass is 9.89. The Morgan fingerprint density at radius 3 is 2.81 bits per heavy atom. The Morgan fingerprint density at radius 2 is 2.11 bits per heavy atom. The van der Waals surface area contributed by atoms with Crippen molar-refractivity contribution in [2.24, 2.45) is 5.73 Å². The molecule has 1 aromatic carbocycles. The molecule has 1 aromatic heterocycles. The molecule has 1 heterocycles. The van der Waals surface area contributed by atoms with Crippen LogP contribution >= 0.6 is 11.6 Å². The second-order valence-electron chi connectivity index (χ2n) is 6.79. The molecule has 0 saturated heterocycles. The van der Waals surface area contributed by atoms with Gasteiger partial charge in [-0.2, -0.15) is 4.98 Å². The Labute approximate surface area is 164 Å². The maximum Gasteiger partial charge on any atom is 0.254 e. The van der Waals surface area contributed by atoms with Crippen LogP contribution in [0.25, 0.3) is 0 Å². The van der Waals surface area contributed by atoms with Crippen LogP contribution in [0.4, 0.5) is 17.5 Å². The minimum atomic E-state index is -0.584. The second kappa shape index (κ2) is 8.54. The smallest absolute Gasteiger partial charge is 0.254 e. The lowest BCUT2D eigenvalue weighted by Gasteiger charge is -2.38. The monoisotopic (exact) mass is 388 g/mol. The van der Waals surface area contributed by atoms with Gasteiger partial charge in [0.1, 0.15) is 11.4 Å². The normalized spacial score (nSPS) is 19.5. The lowest BCUT2D eigenvalue weighted by molar-refractivity contribution is 0.100. The van der Waals surface area contributed by atoms with Gasteiger partial charge < -0.3 is 21.3 Å². The summed E-state index contributed by atoms with van der Waals surface area (Å²) in [6, 6.07) is 7.88. The largest absolute Gasteiger partial charge is 0.365 e. The van der Waals surface area contributed by atoms with Crippen LogP contribution in [0.15, 0.2) is 30.5 Å². The highest BCUT2D eigenvalue weighted by Crippen LogP contribution is 2.27. The first-order valence-electron chi connectivity index (χ1n) is 9.09. The van der Waals surface area contributed by atoms with Crippen molar-refractivity contribution >= 4 is 35.0 Å². The summed E-state index contributed by atoms with van der Waals surface area (Å²) in [5, 5.41) is 7.12. The van der Waals surface area contributed by atoms with Gasteiger partial charge in [-0.25, -0.2) is 4.98 Å².